The molecule has 1 aliphatic rings. The Bertz CT molecular complexity index is 205. The van der Waals surface area contributed by atoms with Gasteiger partial charge in [0.15, 0.2) is 0 Å². The summed E-state index contributed by atoms with van der Waals surface area (Å²) < 4.78 is 10.8. The van der Waals surface area contributed by atoms with E-state index in [1.165, 1.54) is 0 Å². The van der Waals surface area contributed by atoms with E-state index in [9.17, 15) is 0 Å². The highest BCUT2D eigenvalue weighted by atomic mass is 16.6. The zero-order valence-electron chi connectivity index (χ0n) is 9.52. The van der Waals surface area contributed by atoms with Crippen LogP contribution in [-0.4, -0.2) is 50.1 Å². The van der Waals surface area contributed by atoms with E-state index >= 15 is 0 Å². The van der Waals surface area contributed by atoms with E-state index in [2.05, 4.69) is 10.5 Å². The third-order valence-corrected chi connectivity index (χ3v) is 2.42. The molecule has 0 radical (unpaired) electrons. The van der Waals surface area contributed by atoms with Crippen LogP contribution in [0.15, 0.2) is 5.16 Å². The average molecular weight is 231 g/mol. The Labute approximate surface area is 95.8 Å². The largest absolute Gasteiger partial charge is 0.409 e. The van der Waals surface area contributed by atoms with E-state index in [1.807, 2.05) is 0 Å². The van der Waals surface area contributed by atoms with Crippen LogP contribution in [0.4, 0.5) is 0 Å². The maximum Gasteiger partial charge on any atom is 0.139 e. The molecule has 0 aromatic heterocycles. The van der Waals surface area contributed by atoms with Crippen molar-refractivity contribution in [3.05, 3.63) is 0 Å². The lowest BCUT2D eigenvalue weighted by Gasteiger charge is -2.23. The Balaban J connectivity index is 1.87. The van der Waals surface area contributed by atoms with Crippen LogP contribution in [0.25, 0.3) is 0 Å². The van der Waals surface area contributed by atoms with Gasteiger partial charge >= 0.3 is 0 Å². The van der Waals surface area contributed by atoms with E-state index in [-0.39, 0.29) is 6.10 Å². The molecule has 0 aromatic carbocycles. The number of hydrogen-bond donors (Lipinski definition) is 3. The second kappa shape index (κ2) is 8.32. The summed E-state index contributed by atoms with van der Waals surface area (Å²) in [4.78, 5) is 0. The van der Waals surface area contributed by atoms with E-state index in [0.717, 1.165) is 25.9 Å². The number of amidine groups is 1. The average Bonchev–Trinajstić information content (AvgIpc) is 2.34. The molecular formula is C10H21N3O3. The van der Waals surface area contributed by atoms with Gasteiger partial charge in [-0.15, -0.1) is 0 Å². The normalized spacial score (nSPS) is 22.2. The number of unbranched alkanes of at least 4 members (excludes halogenated alkanes) is 1. The third kappa shape index (κ3) is 5.89. The fourth-order valence-electron chi connectivity index (χ4n) is 1.52. The summed E-state index contributed by atoms with van der Waals surface area (Å²) in [5.74, 6) is 0.295. The molecule has 1 saturated heterocycles. The predicted octanol–water partition coefficient (Wildman–Crippen LogP) is -0.0919. The molecule has 6 nitrogen and oxygen atoms in total. The zero-order chi connectivity index (χ0) is 11.6. The number of ether oxygens (including phenoxy) is 2. The minimum Gasteiger partial charge on any atom is -0.409 e. The van der Waals surface area contributed by atoms with Crippen molar-refractivity contribution >= 4 is 5.84 Å². The van der Waals surface area contributed by atoms with Crippen molar-refractivity contribution in [2.75, 3.05) is 32.9 Å². The SMILES string of the molecule is NC(CCCCNCC1COCCO1)=NO. The maximum atomic E-state index is 8.32. The maximum absolute atomic E-state index is 8.32. The lowest BCUT2D eigenvalue weighted by molar-refractivity contribution is -0.0863. The van der Waals surface area contributed by atoms with Crippen molar-refractivity contribution < 1.29 is 14.7 Å². The highest BCUT2D eigenvalue weighted by Gasteiger charge is 2.12. The molecular weight excluding hydrogens is 210 g/mol. The molecule has 0 amide bonds. The lowest BCUT2D eigenvalue weighted by Crippen LogP contribution is -2.37. The molecule has 1 atom stereocenters. The van der Waals surface area contributed by atoms with Crippen molar-refractivity contribution in [3.8, 4) is 0 Å². The summed E-state index contributed by atoms with van der Waals surface area (Å²) >= 11 is 0. The Morgan fingerprint density at radius 3 is 3.00 bits per heavy atom. The number of nitrogens with zero attached hydrogens (tertiary/aromatic N) is 1. The molecule has 0 saturated carbocycles. The van der Waals surface area contributed by atoms with E-state index in [4.69, 9.17) is 20.4 Å². The first-order chi connectivity index (χ1) is 7.83. The fourth-order valence-corrected chi connectivity index (χ4v) is 1.52. The first-order valence-electron chi connectivity index (χ1n) is 5.69. The standard InChI is InChI=1S/C10H21N3O3/c11-10(13-14)3-1-2-4-12-7-9-8-15-5-6-16-9/h9,12,14H,1-8H2,(H2,11,13). The second-order valence-corrected chi connectivity index (χ2v) is 3.82. The summed E-state index contributed by atoms with van der Waals surface area (Å²) in [6.45, 7) is 3.81. The topological polar surface area (TPSA) is 89.1 Å². The number of nitrogens with two attached hydrogens (primary N) is 1. The van der Waals surface area contributed by atoms with Gasteiger partial charge in [-0.25, -0.2) is 0 Å². The molecule has 16 heavy (non-hydrogen) atoms. The molecule has 1 rings (SSSR count). The van der Waals surface area contributed by atoms with Crippen LogP contribution in [0.5, 0.6) is 0 Å². The van der Waals surface area contributed by atoms with Gasteiger partial charge in [0.05, 0.1) is 25.9 Å². The van der Waals surface area contributed by atoms with Gasteiger partial charge in [-0.1, -0.05) is 5.16 Å². The summed E-state index contributed by atoms with van der Waals surface area (Å²) in [5, 5.41) is 14.5. The Morgan fingerprint density at radius 1 is 1.44 bits per heavy atom. The van der Waals surface area contributed by atoms with Crippen LogP contribution >= 0.6 is 0 Å². The number of nitrogens with one attached hydrogen (secondary N) is 1. The van der Waals surface area contributed by atoms with Gasteiger partial charge in [-0.3, -0.25) is 0 Å². The lowest BCUT2D eigenvalue weighted by atomic mass is 10.2. The Morgan fingerprint density at radius 2 is 2.31 bits per heavy atom. The predicted molar refractivity (Wildman–Crippen MR) is 60.7 cm³/mol. The Hall–Kier alpha value is -0.850. The summed E-state index contributed by atoms with van der Waals surface area (Å²) in [6.07, 6.45) is 2.74. The fraction of sp³-hybridized carbons (Fsp3) is 0.900. The van der Waals surface area contributed by atoms with Gasteiger partial charge < -0.3 is 25.7 Å². The van der Waals surface area contributed by atoms with Crippen molar-refractivity contribution in [2.24, 2.45) is 10.9 Å². The zero-order valence-corrected chi connectivity index (χ0v) is 9.52. The van der Waals surface area contributed by atoms with Crippen LogP contribution < -0.4 is 11.1 Å². The molecule has 1 fully saturated rings. The highest BCUT2D eigenvalue weighted by Crippen LogP contribution is 1.99. The monoisotopic (exact) mass is 231 g/mol. The number of rotatable bonds is 7. The van der Waals surface area contributed by atoms with Crippen molar-refractivity contribution in [1.82, 2.24) is 5.32 Å². The second-order valence-electron chi connectivity index (χ2n) is 3.82. The van der Waals surface area contributed by atoms with E-state index < -0.39 is 0 Å². The van der Waals surface area contributed by atoms with Crippen molar-refractivity contribution in [2.45, 2.75) is 25.4 Å². The number of hydrogen-bond acceptors (Lipinski definition) is 5. The minimum absolute atomic E-state index is 0.179. The van der Waals surface area contributed by atoms with Crippen LogP contribution in [0.1, 0.15) is 19.3 Å². The van der Waals surface area contributed by atoms with Crippen LogP contribution in [0, 0.1) is 0 Å². The molecule has 0 bridgehead atoms. The van der Waals surface area contributed by atoms with Crippen molar-refractivity contribution in [3.63, 3.8) is 0 Å². The van der Waals surface area contributed by atoms with Crippen LogP contribution in [0.2, 0.25) is 0 Å². The Kier molecular flexibility index (Phi) is 6.87. The summed E-state index contributed by atoms with van der Waals surface area (Å²) in [6, 6.07) is 0. The van der Waals surface area contributed by atoms with Gasteiger partial charge in [0.1, 0.15) is 5.84 Å². The molecule has 4 N–H and O–H groups in total. The molecule has 1 unspecified atom stereocenters. The van der Waals surface area contributed by atoms with E-state index in [0.29, 0.717) is 32.1 Å². The molecule has 1 heterocycles. The smallest absolute Gasteiger partial charge is 0.139 e. The van der Waals surface area contributed by atoms with E-state index in [1.54, 1.807) is 0 Å². The van der Waals surface area contributed by atoms with Gasteiger partial charge in [0.2, 0.25) is 0 Å². The first-order valence-corrected chi connectivity index (χ1v) is 5.69. The third-order valence-electron chi connectivity index (χ3n) is 2.42. The molecule has 1 aliphatic heterocycles. The summed E-state index contributed by atoms with van der Waals surface area (Å²) in [7, 11) is 0. The van der Waals surface area contributed by atoms with Gasteiger partial charge in [-0.2, -0.15) is 0 Å². The summed E-state index contributed by atoms with van der Waals surface area (Å²) in [5.41, 5.74) is 5.35. The van der Waals surface area contributed by atoms with Crippen LogP contribution in [-0.2, 0) is 9.47 Å². The first kappa shape index (κ1) is 13.2. The molecule has 0 aliphatic carbocycles. The number of oxime groups is 1. The highest BCUT2D eigenvalue weighted by molar-refractivity contribution is 5.79. The van der Waals surface area contributed by atoms with Crippen molar-refractivity contribution in [1.29, 1.82) is 0 Å². The van der Waals surface area contributed by atoms with Gasteiger partial charge in [0.25, 0.3) is 0 Å². The van der Waals surface area contributed by atoms with Crippen LogP contribution in [0.3, 0.4) is 0 Å². The minimum atomic E-state index is 0.179. The quantitative estimate of drug-likeness (QED) is 0.187. The van der Waals surface area contributed by atoms with Gasteiger partial charge in [-0.05, 0) is 19.4 Å². The molecule has 94 valence electrons. The molecule has 0 aromatic rings. The molecule has 6 heteroatoms. The molecule has 0 spiro atoms. The van der Waals surface area contributed by atoms with Gasteiger partial charge in [0, 0.05) is 13.0 Å².